The molecule has 0 spiro atoms. The van der Waals surface area contributed by atoms with Crippen LogP contribution in [-0.2, 0) is 19.1 Å². The second-order valence-corrected chi connectivity index (χ2v) is 9.97. The van der Waals surface area contributed by atoms with E-state index in [1.54, 1.807) is 20.8 Å². The van der Waals surface area contributed by atoms with Gasteiger partial charge in [-0.25, -0.2) is 4.79 Å². The van der Waals surface area contributed by atoms with Crippen molar-refractivity contribution < 1.29 is 23.9 Å². The lowest BCUT2D eigenvalue weighted by molar-refractivity contribution is -0.157. The Bertz CT molecular complexity index is 1030. The van der Waals surface area contributed by atoms with E-state index in [1.165, 1.54) is 11.9 Å². The molecule has 0 saturated heterocycles. The molecule has 0 fully saturated rings. The number of nitrogens with zero attached hydrogens (tertiary/aromatic N) is 1. The molecule has 0 radical (unpaired) electrons. The van der Waals surface area contributed by atoms with Crippen LogP contribution in [0.15, 0.2) is 48.5 Å². The number of rotatable bonds is 10. The van der Waals surface area contributed by atoms with Gasteiger partial charge in [0.15, 0.2) is 0 Å². The van der Waals surface area contributed by atoms with E-state index in [0.717, 1.165) is 35.2 Å². The van der Waals surface area contributed by atoms with Gasteiger partial charge in [0.1, 0.15) is 18.2 Å². The normalized spacial score (nSPS) is 13.4. The zero-order valence-corrected chi connectivity index (χ0v) is 21.8. The summed E-state index contributed by atoms with van der Waals surface area (Å²) < 4.78 is 11.1. The number of hydrogen-bond donors (Lipinski definition) is 2. The molecule has 8 heteroatoms. The molecule has 0 heterocycles. The first-order valence-corrected chi connectivity index (χ1v) is 12.3. The molecule has 3 rings (SSSR count). The van der Waals surface area contributed by atoms with Gasteiger partial charge in [-0.1, -0.05) is 48.5 Å². The number of fused-ring (bicyclic) bond motifs is 3. The topological polar surface area (TPSA) is 97.0 Å². The van der Waals surface area contributed by atoms with Gasteiger partial charge in [-0.15, -0.1) is 0 Å². The van der Waals surface area contributed by atoms with Crippen LogP contribution >= 0.6 is 0 Å². The summed E-state index contributed by atoms with van der Waals surface area (Å²) in [6.07, 6.45) is -0.220. The Morgan fingerprint density at radius 3 is 2.11 bits per heavy atom. The molecule has 0 aliphatic heterocycles. The number of ether oxygens (including phenoxy) is 2. The van der Waals surface area contributed by atoms with E-state index in [4.69, 9.17) is 9.47 Å². The lowest BCUT2D eigenvalue weighted by atomic mass is 9.98. The van der Waals surface area contributed by atoms with Crippen molar-refractivity contribution in [1.82, 2.24) is 15.5 Å². The first-order chi connectivity index (χ1) is 17.1. The van der Waals surface area contributed by atoms with E-state index < -0.39 is 29.6 Å². The summed E-state index contributed by atoms with van der Waals surface area (Å²) in [5.74, 6) is -1.08. The lowest BCUT2D eigenvalue weighted by Crippen LogP contribution is -2.50. The highest BCUT2D eigenvalue weighted by Crippen LogP contribution is 2.44. The highest BCUT2D eigenvalue weighted by atomic mass is 16.6. The average molecular weight is 496 g/mol. The molecule has 0 aromatic heterocycles. The molecular formula is C28H37N3O5. The molecule has 0 unspecified atom stereocenters. The van der Waals surface area contributed by atoms with Gasteiger partial charge in [0.25, 0.3) is 0 Å². The fourth-order valence-corrected chi connectivity index (χ4v) is 4.36. The van der Waals surface area contributed by atoms with Crippen LogP contribution < -0.4 is 10.6 Å². The standard InChI is InChI=1S/C28H37N3O5/c1-28(2,3)36-25(32)17-24(26(33)30-16-10-15-29-4)31(5)27(34)35-18-23-21-13-8-6-11-19(21)20-12-7-9-14-22(20)23/h6-9,11-14,23-24,29H,10,15-18H2,1-5H3,(H,30,33)/t24-/m0/s1. The van der Waals surface area contributed by atoms with Gasteiger partial charge in [-0.05, 0) is 63.0 Å². The molecule has 2 aromatic carbocycles. The number of esters is 1. The molecule has 2 N–H and O–H groups in total. The van der Waals surface area contributed by atoms with E-state index in [9.17, 15) is 14.4 Å². The Kier molecular flexibility index (Phi) is 9.09. The molecule has 8 nitrogen and oxygen atoms in total. The van der Waals surface area contributed by atoms with Crippen LogP contribution in [0.3, 0.4) is 0 Å². The number of carbonyl (C=O) groups is 3. The SMILES string of the molecule is CNCCCNC(=O)[C@H](CC(=O)OC(C)(C)C)N(C)C(=O)OCC1c2ccccc2-c2ccccc21. The van der Waals surface area contributed by atoms with Gasteiger partial charge in [-0.2, -0.15) is 0 Å². The second kappa shape index (κ2) is 12.0. The summed E-state index contributed by atoms with van der Waals surface area (Å²) in [7, 11) is 3.30. The van der Waals surface area contributed by atoms with Gasteiger partial charge in [0.2, 0.25) is 5.91 Å². The summed E-state index contributed by atoms with van der Waals surface area (Å²) in [5.41, 5.74) is 3.76. The van der Waals surface area contributed by atoms with Crippen molar-refractivity contribution >= 4 is 18.0 Å². The summed E-state index contributed by atoms with van der Waals surface area (Å²) in [4.78, 5) is 39.7. The number of hydrogen-bond acceptors (Lipinski definition) is 6. The predicted octanol–water partition coefficient (Wildman–Crippen LogP) is 3.69. The number of benzene rings is 2. The van der Waals surface area contributed by atoms with Gasteiger partial charge >= 0.3 is 12.1 Å². The quantitative estimate of drug-likeness (QED) is 0.385. The van der Waals surface area contributed by atoms with Crippen molar-refractivity contribution in [2.75, 3.05) is 33.8 Å². The third kappa shape index (κ3) is 6.85. The summed E-state index contributed by atoms with van der Waals surface area (Å²) in [6.45, 7) is 6.55. The first-order valence-electron chi connectivity index (χ1n) is 12.3. The number of likely N-dealkylation sites (N-methyl/N-ethyl adjacent to an activating group) is 1. The largest absolute Gasteiger partial charge is 0.460 e. The van der Waals surface area contributed by atoms with Crippen LogP contribution in [0.25, 0.3) is 11.1 Å². The number of carbonyl (C=O) groups excluding carboxylic acids is 3. The van der Waals surface area contributed by atoms with Crippen molar-refractivity contribution in [3.63, 3.8) is 0 Å². The molecule has 0 saturated carbocycles. The summed E-state index contributed by atoms with van der Waals surface area (Å²) in [5, 5.41) is 5.83. The number of amides is 2. The molecule has 194 valence electrons. The minimum absolute atomic E-state index is 0.102. The van der Waals surface area contributed by atoms with Gasteiger partial charge in [0.05, 0.1) is 6.42 Å². The maximum Gasteiger partial charge on any atom is 0.410 e. The molecule has 2 amide bonds. The molecule has 1 atom stereocenters. The van der Waals surface area contributed by atoms with Crippen LogP contribution in [-0.4, -0.2) is 68.3 Å². The van der Waals surface area contributed by atoms with Crippen LogP contribution in [0.5, 0.6) is 0 Å². The van der Waals surface area contributed by atoms with Gasteiger partial charge in [0, 0.05) is 19.5 Å². The Labute approximate surface area is 213 Å². The molecule has 0 bridgehead atoms. The maximum absolute atomic E-state index is 13.1. The number of nitrogens with one attached hydrogen (secondary N) is 2. The molecule has 36 heavy (non-hydrogen) atoms. The Morgan fingerprint density at radius 1 is 0.972 bits per heavy atom. The molecule has 1 aliphatic carbocycles. The van der Waals surface area contributed by atoms with Crippen molar-refractivity contribution in [3.05, 3.63) is 59.7 Å². The van der Waals surface area contributed by atoms with Crippen molar-refractivity contribution in [2.24, 2.45) is 0 Å². The van der Waals surface area contributed by atoms with E-state index in [-0.39, 0.29) is 18.9 Å². The Morgan fingerprint density at radius 2 is 1.56 bits per heavy atom. The van der Waals surface area contributed by atoms with Gasteiger partial charge < -0.3 is 20.1 Å². The second-order valence-electron chi connectivity index (χ2n) is 9.97. The van der Waals surface area contributed by atoms with Crippen molar-refractivity contribution in [3.8, 4) is 11.1 Å². The highest BCUT2D eigenvalue weighted by molar-refractivity contribution is 5.89. The fourth-order valence-electron chi connectivity index (χ4n) is 4.36. The van der Waals surface area contributed by atoms with E-state index in [2.05, 4.69) is 22.8 Å². The monoisotopic (exact) mass is 495 g/mol. The van der Waals surface area contributed by atoms with Crippen LogP contribution in [0.4, 0.5) is 4.79 Å². The van der Waals surface area contributed by atoms with Crippen LogP contribution in [0.1, 0.15) is 50.7 Å². The summed E-state index contributed by atoms with van der Waals surface area (Å²) >= 11 is 0. The van der Waals surface area contributed by atoms with Crippen LogP contribution in [0, 0.1) is 0 Å². The third-order valence-corrected chi connectivity index (χ3v) is 6.08. The lowest BCUT2D eigenvalue weighted by Gasteiger charge is -2.28. The minimum atomic E-state index is -1.05. The fraction of sp³-hybridized carbons (Fsp3) is 0.464. The van der Waals surface area contributed by atoms with E-state index in [0.29, 0.717) is 6.54 Å². The molecule has 1 aliphatic rings. The first kappa shape index (κ1) is 27.2. The van der Waals surface area contributed by atoms with E-state index in [1.807, 2.05) is 43.4 Å². The smallest absolute Gasteiger partial charge is 0.410 e. The van der Waals surface area contributed by atoms with Gasteiger partial charge in [-0.3, -0.25) is 14.5 Å². The predicted molar refractivity (Wildman–Crippen MR) is 139 cm³/mol. The average Bonchev–Trinajstić information content (AvgIpc) is 3.16. The third-order valence-electron chi connectivity index (χ3n) is 6.08. The minimum Gasteiger partial charge on any atom is -0.460 e. The van der Waals surface area contributed by atoms with Crippen molar-refractivity contribution in [2.45, 2.75) is 51.2 Å². The Hall–Kier alpha value is -3.39. The molecule has 2 aromatic rings. The van der Waals surface area contributed by atoms with Crippen LogP contribution in [0.2, 0.25) is 0 Å². The highest BCUT2D eigenvalue weighted by Gasteiger charge is 2.34. The molecular weight excluding hydrogens is 458 g/mol. The summed E-state index contributed by atoms with van der Waals surface area (Å²) in [6, 6.07) is 15.1. The zero-order valence-electron chi connectivity index (χ0n) is 21.8. The maximum atomic E-state index is 13.1. The van der Waals surface area contributed by atoms with Crippen molar-refractivity contribution in [1.29, 1.82) is 0 Å². The zero-order chi connectivity index (χ0) is 26.3. The Balaban J connectivity index is 1.70. The van der Waals surface area contributed by atoms with E-state index >= 15 is 0 Å².